The largest absolute Gasteiger partial charge is 0.308 e. The first-order valence-corrected chi connectivity index (χ1v) is 7.40. The first-order valence-electron chi connectivity index (χ1n) is 5.92. The molecule has 0 aliphatic rings. The molecule has 0 aromatic carbocycles. The van der Waals surface area contributed by atoms with Crippen molar-refractivity contribution in [3.05, 3.63) is 36.3 Å². The summed E-state index contributed by atoms with van der Waals surface area (Å²) in [6.07, 6.45) is 3.71. The summed E-state index contributed by atoms with van der Waals surface area (Å²) in [6, 6.07) is 4.62. The first kappa shape index (κ1) is 14.4. The number of hydrogen-bond donors (Lipinski definition) is 3. The van der Waals surface area contributed by atoms with Gasteiger partial charge in [0.2, 0.25) is 10.0 Å². The molecule has 2 aromatic rings. The third kappa shape index (κ3) is 3.53. The molecule has 0 aliphatic heterocycles. The number of hydrogen-bond acceptors (Lipinski definition) is 6. The minimum atomic E-state index is -3.58. The third-order valence-corrected chi connectivity index (χ3v) is 4.09. The van der Waals surface area contributed by atoms with Crippen molar-refractivity contribution in [2.45, 2.75) is 11.3 Å². The molecule has 0 bridgehead atoms. The Balaban J connectivity index is 2.00. The smallest absolute Gasteiger partial charge is 0.240 e. The summed E-state index contributed by atoms with van der Waals surface area (Å²) in [5.41, 5.74) is 3.14. The Morgan fingerprint density at radius 1 is 1.40 bits per heavy atom. The van der Waals surface area contributed by atoms with Crippen LogP contribution < -0.4 is 16.0 Å². The highest BCUT2D eigenvalue weighted by molar-refractivity contribution is 7.89. The predicted octanol–water partition coefficient (Wildman–Crippen LogP) is -0.378. The van der Waals surface area contributed by atoms with Crippen molar-refractivity contribution in [1.29, 1.82) is 0 Å². The van der Waals surface area contributed by atoms with Crippen molar-refractivity contribution in [3.63, 3.8) is 0 Å². The number of sulfonamides is 1. The van der Waals surface area contributed by atoms with Gasteiger partial charge in [0.1, 0.15) is 5.82 Å². The maximum atomic E-state index is 12.1. The number of hydrazine groups is 1. The fraction of sp³-hybridized carbons (Fsp3) is 0.273. The molecular formula is C11H16N6O2S. The summed E-state index contributed by atoms with van der Waals surface area (Å²) in [5, 5.41) is 4.18. The SMILES string of the molecule is Cn1ccc(CCNS(=O)(=O)c2ccnc(NN)c2)n1. The van der Waals surface area contributed by atoms with Crippen molar-refractivity contribution >= 4 is 15.8 Å². The molecule has 2 heterocycles. The van der Waals surface area contributed by atoms with Gasteiger partial charge in [0.25, 0.3) is 0 Å². The van der Waals surface area contributed by atoms with Crippen LogP contribution in [-0.2, 0) is 23.5 Å². The summed E-state index contributed by atoms with van der Waals surface area (Å²) in [6.45, 7) is 0.271. The monoisotopic (exact) mass is 296 g/mol. The first-order chi connectivity index (χ1) is 9.51. The van der Waals surface area contributed by atoms with Crippen LogP contribution in [0, 0.1) is 0 Å². The zero-order valence-electron chi connectivity index (χ0n) is 10.9. The number of nitrogen functional groups attached to an aromatic ring is 1. The van der Waals surface area contributed by atoms with Gasteiger partial charge in [-0.1, -0.05) is 0 Å². The van der Waals surface area contributed by atoms with Gasteiger partial charge in [-0.25, -0.2) is 24.0 Å². The molecule has 0 saturated carbocycles. The Labute approximate surface area is 117 Å². The Bertz CT molecular complexity index is 682. The summed E-state index contributed by atoms with van der Waals surface area (Å²) in [7, 11) is -1.76. The number of aryl methyl sites for hydroxylation is 1. The van der Waals surface area contributed by atoms with E-state index in [1.54, 1.807) is 4.68 Å². The van der Waals surface area contributed by atoms with Crippen molar-refractivity contribution in [3.8, 4) is 0 Å². The molecule has 0 saturated heterocycles. The number of pyridine rings is 1. The van der Waals surface area contributed by atoms with Crippen molar-refractivity contribution < 1.29 is 8.42 Å². The van der Waals surface area contributed by atoms with Gasteiger partial charge in [0.05, 0.1) is 10.6 Å². The van der Waals surface area contributed by atoms with E-state index in [0.717, 1.165) is 5.69 Å². The Morgan fingerprint density at radius 2 is 2.20 bits per heavy atom. The lowest BCUT2D eigenvalue weighted by molar-refractivity contribution is 0.581. The summed E-state index contributed by atoms with van der Waals surface area (Å²) in [5.74, 6) is 5.49. The molecule has 8 nitrogen and oxygen atoms in total. The van der Waals surface area contributed by atoms with Crippen LogP contribution in [0.25, 0.3) is 0 Å². The maximum absolute atomic E-state index is 12.1. The Morgan fingerprint density at radius 3 is 2.85 bits per heavy atom. The van der Waals surface area contributed by atoms with Crippen molar-refractivity contribution in [1.82, 2.24) is 19.5 Å². The van der Waals surface area contributed by atoms with Gasteiger partial charge in [0, 0.05) is 38.5 Å². The van der Waals surface area contributed by atoms with E-state index in [4.69, 9.17) is 5.84 Å². The van der Waals surface area contributed by atoms with E-state index in [-0.39, 0.29) is 17.3 Å². The Kier molecular flexibility index (Phi) is 4.32. The average Bonchev–Trinajstić information content (AvgIpc) is 2.84. The molecular weight excluding hydrogens is 280 g/mol. The molecule has 0 aliphatic carbocycles. The van der Waals surface area contributed by atoms with E-state index >= 15 is 0 Å². The quantitative estimate of drug-likeness (QED) is 0.494. The second-order valence-electron chi connectivity index (χ2n) is 4.15. The van der Waals surface area contributed by atoms with Crippen molar-refractivity contribution in [2.75, 3.05) is 12.0 Å². The minimum Gasteiger partial charge on any atom is -0.308 e. The summed E-state index contributed by atoms with van der Waals surface area (Å²) in [4.78, 5) is 3.97. The molecule has 0 fully saturated rings. The highest BCUT2D eigenvalue weighted by Crippen LogP contribution is 2.11. The second kappa shape index (κ2) is 5.99. The van der Waals surface area contributed by atoms with Crippen LogP contribution in [-0.4, -0.2) is 29.7 Å². The van der Waals surface area contributed by atoms with E-state index in [1.807, 2.05) is 19.3 Å². The van der Waals surface area contributed by atoms with E-state index in [1.165, 1.54) is 18.3 Å². The standard InChI is InChI=1S/C11H16N6O2S/c1-17-7-4-9(16-17)2-6-14-20(18,19)10-3-5-13-11(8-10)15-12/h3-5,7-8,14H,2,6,12H2,1H3,(H,13,15). The summed E-state index contributed by atoms with van der Waals surface area (Å²) >= 11 is 0. The molecule has 2 aromatic heterocycles. The number of nitrogens with one attached hydrogen (secondary N) is 2. The lowest BCUT2D eigenvalue weighted by atomic mass is 10.3. The van der Waals surface area contributed by atoms with E-state index in [2.05, 4.69) is 20.2 Å². The average molecular weight is 296 g/mol. The molecule has 0 atom stereocenters. The van der Waals surface area contributed by atoms with Crippen LogP contribution in [0.15, 0.2) is 35.5 Å². The van der Waals surface area contributed by atoms with E-state index < -0.39 is 10.0 Å². The lowest BCUT2D eigenvalue weighted by Gasteiger charge is -2.07. The number of aromatic nitrogens is 3. The second-order valence-corrected chi connectivity index (χ2v) is 5.92. The number of anilines is 1. The van der Waals surface area contributed by atoms with Gasteiger partial charge in [-0.2, -0.15) is 5.10 Å². The molecule has 0 spiro atoms. The van der Waals surface area contributed by atoms with Crippen molar-refractivity contribution in [2.24, 2.45) is 12.9 Å². The fourth-order valence-electron chi connectivity index (χ4n) is 1.65. The van der Waals surface area contributed by atoms with E-state index in [0.29, 0.717) is 6.42 Å². The van der Waals surface area contributed by atoms with Crippen LogP contribution in [0.3, 0.4) is 0 Å². The van der Waals surface area contributed by atoms with E-state index in [9.17, 15) is 8.42 Å². The summed E-state index contributed by atoms with van der Waals surface area (Å²) < 4.78 is 28.3. The molecule has 20 heavy (non-hydrogen) atoms. The third-order valence-electron chi connectivity index (χ3n) is 2.63. The fourth-order valence-corrected chi connectivity index (χ4v) is 2.69. The number of nitrogens with two attached hydrogens (primary N) is 1. The minimum absolute atomic E-state index is 0.112. The Hall–Kier alpha value is -1.97. The van der Waals surface area contributed by atoms with Gasteiger partial charge < -0.3 is 5.43 Å². The van der Waals surface area contributed by atoms with Gasteiger partial charge in [0.15, 0.2) is 0 Å². The maximum Gasteiger partial charge on any atom is 0.240 e. The molecule has 108 valence electrons. The highest BCUT2D eigenvalue weighted by Gasteiger charge is 2.14. The van der Waals surface area contributed by atoms with Gasteiger partial charge >= 0.3 is 0 Å². The van der Waals surface area contributed by atoms with Crippen LogP contribution in [0.2, 0.25) is 0 Å². The zero-order valence-corrected chi connectivity index (χ0v) is 11.8. The zero-order chi connectivity index (χ0) is 14.6. The molecule has 0 unspecified atom stereocenters. The normalized spacial score (nSPS) is 11.5. The molecule has 2 rings (SSSR count). The van der Waals surface area contributed by atoms with Crippen LogP contribution in [0.4, 0.5) is 5.82 Å². The predicted molar refractivity (Wildman–Crippen MR) is 74.1 cm³/mol. The lowest BCUT2D eigenvalue weighted by Crippen LogP contribution is -2.26. The topological polar surface area (TPSA) is 115 Å². The number of rotatable bonds is 6. The van der Waals surface area contributed by atoms with Crippen LogP contribution in [0.5, 0.6) is 0 Å². The van der Waals surface area contributed by atoms with Gasteiger partial charge in [-0.05, 0) is 12.1 Å². The number of nitrogens with zero attached hydrogens (tertiary/aromatic N) is 3. The molecule has 9 heteroatoms. The van der Waals surface area contributed by atoms with Crippen LogP contribution in [0.1, 0.15) is 5.69 Å². The molecule has 4 N–H and O–H groups in total. The molecule has 0 amide bonds. The van der Waals surface area contributed by atoms with Gasteiger partial charge in [-0.15, -0.1) is 0 Å². The highest BCUT2D eigenvalue weighted by atomic mass is 32.2. The molecule has 0 radical (unpaired) electrons. The van der Waals surface area contributed by atoms with Gasteiger partial charge in [-0.3, -0.25) is 4.68 Å². The van der Waals surface area contributed by atoms with Crippen LogP contribution >= 0.6 is 0 Å².